The van der Waals surface area contributed by atoms with Crippen molar-refractivity contribution in [3.05, 3.63) is 58.1 Å². The number of piperazine rings is 1. The molecule has 6 nitrogen and oxygen atoms in total. The van der Waals surface area contributed by atoms with E-state index in [9.17, 15) is 4.79 Å². The molecule has 1 N–H and O–H groups in total. The monoisotopic (exact) mass is 395 g/mol. The maximum atomic E-state index is 13.5. The lowest BCUT2D eigenvalue weighted by molar-refractivity contribution is 0.0625. The van der Waals surface area contributed by atoms with Crippen molar-refractivity contribution in [1.29, 1.82) is 0 Å². The number of rotatable bonds is 3. The molecule has 0 saturated carbocycles. The Hall–Kier alpha value is -2.51. The lowest BCUT2D eigenvalue weighted by Crippen LogP contribution is -2.49. The number of nitrogens with zero attached hydrogens (tertiary/aromatic N) is 4. The van der Waals surface area contributed by atoms with E-state index in [1.54, 1.807) is 6.20 Å². The van der Waals surface area contributed by atoms with Gasteiger partial charge in [0, 0.05) is 44.6 Å². The first-order valence-electron chi connectivity index (χ1n) is 9.49. The first-order chi connectivity index (χ1) is 13.5. The molecule has 0 spiro atoms. The topological polar surface area (TPSA) is 63.1 Å². The number of aryl methyl sites for hydroxylation is 4. The van der Waals surface area contributed by atoms with E-state index in [-0.39, 0.29) is 11.9 Å². The van der Waals surface area contributed by atoms with Crippen LogP contribution in [0.4, 0.5) is 0 Å². The fourth-order valence-corrected chi connectivity index (χ4v) is 4.88. The largest absolute Gasteiger partial charge is 0.336 e. The Morgan fingerprint density at radius 3 is 2.82 bits per heavy atom. The van der Waals surface area contributed by atoms with Gasteiger partial charge in [0.15, 0.2) is 0 Å². The van der Waals surface area contributed by atoms with Crippen molar-refractivity contribution in [2.45, 2.75) is 26.8 Å². The summed E-state index contributed by atoms with van der Waals surface area (Å²) in [6, 6.07) is 6.26. The van der Waals surface area contributed by atoms with Gasteiger partial charge >= 0.3 is 0 Å². The molecule has 1 amide bonds. The highest BCUT2D eigenvalue weighted by atomic mass is 32.1. The van der Waals surface area contributed by atoms with Crippen molar-refractivity contribution in [1.82, 2.24) is 24.8 Å². The fourth-order valence-electron chi connectivity index (χ4n) is 3.77. The Morgan fingerprint density at radius 1 is 1.29 bits per heavy atom. The van der Waals surface area contributed by atoms with Crippen LogP contribution in [0.3, 0.4) is 0 Å². The van der Waals surface area contributed by atoms with Gasteiger partial charge in [0.2, 0.25) is 0 Å². The van der Waals surface area contributed by atoms with Crippen LogP contribution in [0.15, 0.2) is 30.6 Å². The number of aromatic nitrogens is 3. The van der Waals surface area contributed by atoms with Crippen molar-refractivity contribution >= 4 is 17.2 Å². The lowest BCUT2D eigenvalue weighted by Gasteiger charge is -2.35. The zero-order valence-corrected chi connectivity index (χ0v) is 17.5. The first kappa shape index (κ1) is 18.8. The molecule has 1 fully saturated rings. The molecule has 1 atom stereocenters. The number of hydrogen-bond acceptors (Lipinski definition) is 5. The van der Waals surface area contributed by atoms with Gasteiger partial charge < -0.3 is 14.8 Å². The van der Waals surface area contributed by atoms with Crippen LogP contribution in [0.5, 0.6) is 0 Å². The van der Waals surface area contributed by atoms with Crippen LogP contribution in [-0.4, -0.2) is 45.0 Å². The highest BCUT2D eigenvalue weighted by molar-refractivity contribution is 7.17. The average molecular weight is 396 g/mol. The summed E-state index contributed by atoms with van der Waals surface area (Å²) in [5.74, 6) is 0.942. The van der Waals surface area contributed by atoms with Crippen LogP contribution >= 0.6 is 11.3 Å². The summed E-state index contributed by atoms with van der Waals surface area (Å²) in [6.45, 7) is 8.25. The molecule has 0 bridgehead atoms. The number of benzene rings is 1. The van der Waals surface area contributed by atoms with Crippen LogP contribution in [0.2, 0.25) is 0 Å². The maximum Gasteiger partial charge on any atom is 0.266 e. The normalized spacial score (nSPS) is 17.1. The van der Waals surface area contributed by atoms with E-state index in [4.69, 9.17) is 4.98 Å². The van der Waals surface area contributed by atoms with Gasteiger partial charge in [-0.3, -0.25) is 4.79 Å². The quantitative estimate of drug-likeness (QED) is 0.739. The second-order valence-corrected chi connectivity index (χ2v) is 8.37. The molecule has 1 aromatic carbocycles. The van der Waals surface area contributed by atoms with E-state index in [0.717, 1.165) is 33.5 Å². The van der Waals surface area contributed by atoms with Crippen molar-refractivity contribution in [2.75, 3.05) is 19.6 Å². The SMILES string of the molecule is Cc1ccc(-c2nc(C)c(C(=O)N3CCNCC3c3nccn3C)s2)c(C)c1. The summed E-state index contributed by atoms with van der Waals surface area (Å²) >= 11 is 1.49. The Bertz CT molecular complexity index is 1020. The fraction of sp³-hybridized carbons (Fsp3) is 0.381. The smallest absolute Gasteiger partial charge is 0.266 e. The minimum absolute atomic E-state index is 0.0421. The summed E-state index contributed by atoms with van der Waals surface area (Å²) in [5, 5.41) is 4.29. The summed E-state index contributed by atoms with van der Waals surface area (Å²) in [5.41, 5.74) is 4.30. The van der Waals surface area contributed by atoms with Gasteiger partial charge in [0.05, 0.1) is 5.69 Å². The number of hydrogen-bond donors (Lipinski definition) is 1. The average Bonchev–Trinajstić information content (AvgIpc) is 3.27. The van der Waals surface area contributed by atoms with Gasteiger partial charge in [-0.1, -0.05) is 23.8 Å². The van der Waals surface area contributed by atoms with Crippen LogP contribution in [-0.2, 0) is 7.05 Å². The number of thiazole rings is 1. The van der Waals surface area contributed by atoms with Gasteiger partial charge in [0.25, 0.3) is 5.91 Å². The molecule has 1 unspecified atom stereocenters. The standard InChI is InChI=1S/C21H25N5OS/c1-13-5-6-16(14(2)11-13)20-24-15(3)18(28-20)21(27)26-10-7-22-12-17(26)19-23-8-9-25(19)4/h5-6,8-9,11,17,22H,7,10,12H2,1-4H3. The first-order valence-corrected chi connectivity index (χ1v) is 10.3. The number of amides is 1. The molecule has 28 heavy (non-hydrogen) atoms. The van der Waals surface area contributed by atoms with Gasteiger partial charge in [-0.25, -0.2) is 9.97 Å². The van der Waals surface area contributed by atoms with E-state index in [1.807, 2.05) is 29.6 Å². The number of imidazole rings is 1. The van der Waals surface area contributed by atoms with Crippen LogP contribution in [0, 0.1) is 20.8 Å². The molecule has 146 valence electrons. The summed E-state index contributed by atoms with van der Waals surface area (Å²) in [7, 11) is 1.97. The van der Waals surface area contributed by atoms with E-state index >= 15 is 0 Å². The zero-order chi connectivity index (χ0) is 19.8. The third-order valence-corrected chi connectivity index (χ3v) is 6.44. The highest BCUT2D eigenvalue weighted by Gasteiger charge is 2.33. The van der Waals surface area contributed by atoms with Gasteiger partial charge in [0.1, 0.15) is 21.8 Å². The maximum absolute atomic E-state index is 13.5. The predicted octanol–water partition coefficient (Wildman–Crippen LogP) is 3.26. The van der Waals surface area contributed by atoms with E-state index in [2.05, 4.69) is 42.3 Å². The molecular formula is C21H25N5OS. The molecule has 1 saturated heterocycles. The zero-order valence-electron chi connectivity index (χ0n) is 16.7. The second-order valence-electron chi connectivity index (χ2n) is 7.37. The van der Waals surface area contributed by atoms with Crippen LogP contribution in [0.25, 0.3) is 10.6 Å². The molecule has 2 aromatic heterocycles. The van der Waals surface area contributed by atoms with Gasteiger partial charge in [-0.15, -0.1) is 11.3 Å². The van der Waals surface area contributed by atoms with E-state index in [1.165, 1.54) is 22.5 Å². The predicted molar refractivity (Wildman–Crippen MR) is 112 cm³/mol. The third-order valence-electron chi connectivity index (χ3n) is 5.26. The Kier molecular flexibility index (Phi) is 5.03. The van der Waals surface area contributed by atoms with Crippen LogP contribution < -0.4 is 5.32 Å². The summed E-state index contributed by atoms with van der Waals surface area (Å²) in [4.78, 5) is 25.3. The van der Waals surface area contributed by atoms with Crippen molar-refractivity contribution in [3.8, 4) is 10.6 Å². The lowest BCUT2D eigenvalue weighted by atomic mass is 10.1. The molecule has 0 aliphatic carbocycles. The highest BCUT2D eigenvalue weighted by Crippen LogP contribution is 2.33. The molecular weight excluding hydrogens is 370 g/mol. The van der Waals surface area contributed by atoms with E-state index in [0.29, 0.717) is 13.1 Å². The molecule has 1 aliphatic rings. The minimum atomic E-state index is -0.0766. The van der Waals surface area contributed by atoms with Crippen molar-refractivity contribution in [3.63, 3.8) is 0 Å². The molecule has 3 aromatic rings. The Morgan fingerprint density at radius 2 is 2.11 bits per heavy atom. The third kappa shape index (κ3) is 3.36. The number of carbonyl (C=O) groups is 1. The number of nitrogens with one attached hydrogen (secondary N) is 1. The summed E-state index contributed by atoms with van der Waals surface area (Å²) in [6.07, 6.45) is 3.70. The minimum Gasteiger partial charge on any atom is -0.336 e. The van der Waals surface area contributed by atoms with Crippen molar-refractivity contribution in [2.24, 2.45) is 7.05 Å². The second kappa shape index (κ2) is 7.48. The molecule has 7 heteroatoms. The van der Waals surface area contributed by atoms with Gasteiger partial charge in [-0.05, 0) is 26.3 Å². The van der Waals surface area contributed by atoms with E-state index < -0.39 is 0 Å². The molecule has 1 aliphatic heterocycles. The van der Waals surface area contributed by atoms with Crippen LogP contribution in [0.1, 0.15) is 38.4 Å². The van der Waals surface area contributed by atoms with Crippen molar-refractivity contribution < 1.29 is 4.79 Å². The Balaban J connectivity index is 1.67. The summed E-state index contributed by atoms with van der Waals surface area (Å²) < 4.78 is 1.98. The number of carbonyl (C=O) groups excluding carboxylic acids is 1. The van der Waals surface area contributed by atoms with Gasteiger partial charge in [-0.2, -0.15) is 0 Å². The molecule has 0 radical (unpaired) electrons. The molecule has 4 rings (SSSR count). The Labute approximate surface area is 169 Å². The molecule has 3 heterocycles.